The summed E-state index contributed by atoms with van der Waals surface area (Å²) in [5.74, 6) is -0.352. The quantitative estimate of drug-likeness (QED) is 0.632. The van der Waals surface area contributed by atoms with Crippen LogP contribution < -0.4 is 9.62 Å². The predicted octanol–water partition coefficient (Wildman–Crippen LogP) is 4.40. The van der Waals surface area contributed by atoms with E-state index in [1.807, 2.05) is 25.1 Å². The maximum atomic E-state index is 13.0. The van der Waals surface area contributed by atoms with E-state index in [1.54, 1.807) is 42.5 Å². The van der Waals surface area contributed by atoms with Gasteiger partial charge >= 0.3 is 0 Å². The average molecular weight is 429 g/mol. The molecule has 0 atom stereocenters. The van der Waals surface area contributed by atoms with Crippen molar-refractivity contribution in [1.29, 1.82) is 0 Å². The highest BCUT2D eigenvalue weighted by Crippen LogP contribution is 2.23. The number of nitrogens with zero attached hydrogens (tertiary/aromatic N) is 1. The van der Waals surface area contributed by atoms with Gasteiger partial charge in [0.05, 0.1) is 10.6 Å². The summed E-state index contributed by atoms with van der Waals surface area (Å²) in [6.45, 7) is 2.21. The van der Waals surface area contributed by atoms with Crippen molar-refractivity contribution in [2.24, 2.45) is 0 Å². The Morgan fingerprint density at radius 1 is 1.00 bits per heavy atom. The predicted molar refractivity (Wildman–Crippen MR) is 116 cm³/mol. The highest BCUT2D eigenvalue weighted by Gasteiger charge is 2.22. The van der Waals surface area contributed by atoms with Crippen LogP contribution in [0.5, 0.6) is 0 Å². The third-order valence-electron chi connectivity index (χ3n) is 4.49. The second kappa shape index (κ2) is 8.68. The molecule has 5 nitrogen and oxygen atoms in total. The normalized spacial score (nSPS) is 11.1. The molecular formula is C22H21ClN2O3S. The van der Waals surface area contributed by atoms with Crippen LogP contribution in [-0.4, -0.2) is 21.4 Å². The van der Waals surface area contributed by atoms with Crippen molar-refractivity contribution in [3.05, 3.63) is 94.5 Å². The Bertz CT molecular complexity index is 1130. The molecule has 3 aromatic rings. The van der Waals surface area contributed by atoms with E-state index in [0.717, 1.165) is 11.1 Å². The molecule has 3 aromatic carbocycles. The molecular weight excluding hydrogens is 408 g/mol. The van der Waals surface area contributed by atoms with Gasteiger partial charge in [0, 0.05) is 24.2 Å². The van der Waals surface area contributed by atoms with Crippen LogP contribution >= 0.6 is 11.6 Å². The van der Waals surface area contributed by atoms with Gasteiger partial charge in [-0.25, -0.2) is 8.42 Å². The summed E-state index contributed by atoms with van der Waals surface area (Å²) in [5, 5.41) is 3.41. The molecule has 0 aliphatic heterocycles. The Hall–Kier alpha value is -2.83. The van der Waals surface area contributed by atoms with E-state index < -0.39 is 10.0 Å². The van der Waals surface area contributed by atoms with Crippen LogP contribution in [0.3, 0.4) is 0 Å². The highest BCUT2D eigenvalue weighted by molar-refractivity contribution is 7.92. The smallest absolute Gasteiger partial charge is 0.264 e. The minimum atomic E-state index is -3.80. The maximum absolute atomic E-state index is 13.0. The Kier molecular flexibility index (Phi) is 6.25. The van der Waals surface area contributed by atoms with Crippen LogP contribution in [0.1, 0.15) is 21.5 Å². The van der Waals surface area contributed by atoms with Gasteiger partial charge in [-0.3, -0.25) is 9.10 Å². The number of hydrogen-bond acceptors (Lipinski definition) is 3. The molecule has 150 valence electrons. The number of aryl methyl sites for hydroxylation is 1. The number of anilines is 1. The van der Waals surface area contributed by atoms with Crippen molar-refractivity contribution in [1.82, 2.24) is 5.32 Å². The van der Waals surface area contributed by atoms with E-state index in [2.05, 4.69) is 5.32 Å². The monoisotopic (exact) mass is 428 g/mol. The molecule has 1 amide bonds. The molecule has 3 rings (SSSR count). The second-order valence-electron chi connectivity index (χ2n) is 6.65. The fourth-order valence-corrected chi connectivity index (χ4v) is 4.16. The largest absolute Gasteiger partial charge is 0.348 e. The number of hydrogen-bond donors (Lipinski definition) is 1. The number of rotatable bonds is 6. The first-order valence-electron chi connectivity index (χ1n) is 8.96. The molecule has 0 radical (unpaired) electrons. The van der Waals surface area contributed by atoms with Gasteiger partial charge in [0.2, 0.25) is 0 Å². The van der Waals surface area contributed by atoms with Crippen molar-refractivity contribution < 1.29 is 13.2 Å². The van der Waals surface area contributed by atoms with Gasteiger partial charge in [0.1, 0.15) is 0 Å². The van der Waals surface area contributed by atoms with Crippen molar-refractivity contribution in [3.8, 4) is 0 Å². The topological polar surface area (TPSA) is 66.5 Å². The summed E-state index contributed by atoms with van der Waals surface area (Å²) < 4.78 is 27.2. The fourth-order valence-electron chi connectivity index (χ4n) is 2.81. The van der Waals surface area contributed by atoms with Crippen molar-refractivity contribution in [2.45, 2.75) is 18.4 Å². The van der Waals surface area contributed by atoms with Crippen LogP contribution in [0.4, 0.5) is 5.69 Å². The number of nitrogens with one attached hydrogen (secondary N) is 1. The second-order valence-corrected chi connectivity index (χ2v) is 9.05. The molecule has 0 bridgehead atoms. The number of sulfonamides is 1. The lowest BCUT2D eigenvalue weighted by Gasteiger charge is -2.20. The van der Waals surface area contributed by atoms with Crippen LogP contribution in [0.2, 0.25) is 5.02 Å². The Morgan fingerprint density at radius 2 is 1.69 bits per heavy atom. The zero-order chi connectivity index (χ0) is 21.0. The first-order valence-corrected chi connectivity index (χ1v) is 10.8. The van der Waals surface area contributed by atoms with Crippen LogP contribution in [0.25, 0.3) is 0 Å². The molecule has 1 N–H and O–H groups in total. The Balaban J connectivity index is 1.78. The van der Waals surface area contributed by atoms with Crippen LogP contribution in [-0.2, 0) is 16.6 Å². The number of amides is 1. The third-order valence-corrected chi connectivity index (χ3v) is 6.52. The van der Waals surface area contributed by atoms with Gasteiger partial charge in [0.15, 0.2) is 0 Å². The fraction of sp³-hybridized carbons (Fsp3) is 0.136. The third kappa shape index (κ3) is 4.96. The van der Waals surface area contributed by atoms with Crippen LogP contribution in [0, 0.1) is 6.92 Å². The molecule has 0 aliphatic rings. The summed E-state index contributed by atoms with van der Waals surface area (Å²) in [5.41, 5.74) is 2.69. The lowest BCUT2D eigenvalue weighted by atomic mass is 10.2. The Labute approximate surface area is 176 Å². The van der Waals surface area contributed by atoms with Crippen LogP contribution in [0.15, 0.2) is 77.7 Å². The molecule has 0 saturated carbocycles. The van der Waals surface area contributed by atoms with Crippen molar-refractivity contribution in [2.75, 3.05) is 11.4 Å². The molecule has 0 fully saturated rings. The summed E-state index contributed by atoms with van der Waals surface area (Å²) in [4.78, 5) is 12.6. The van der Waals surface area contributed by atoms with Gasteiger partial charge in [-0.2, -0.15) is 0 Å². The van der Waals surface area contributed by atoms with E-state index in [-0.39, 0.29) is 16.4 Å². The highest BCUT2D eigenvalue weighted by atomic mass is 35.5. The molecule has 0 aliphatic carbocycles. The number of carbonyl (C=O) groups excluding carboxylic acids is 1. The summed E-state index contributed by atoms with van der Waals surface area (Å²) in [7, 11) is -2.30. The maximum Gasteiger partial charge on any atom is 0.264 e. The average Bonchev–Trinajstić information content (AvgIpc) is 2.72. The van der Waals surface area contributed by atoms with E-state index >= 15 is 0 Å². The first kappa shape index (κ1) is 20.9. The van der Waals surface area contributed by atoms with Crippen molar-refractivity contribution >= 4 is 33.2 Å². The van der Waals surface area contributed by atoms with Gasteiger partial charge in [-0.05, 0) is 60.5 Å². The molecule has 0 aromatic heterocycles. The molecule has 0 spiro atoms. The zero-order valence-electron chi connectivity index (χ0n) is 16.1. The van der Waals surface area contributed by atoms with E-state index in [1.165, 1.54) is 23.5 Å². The SMILES string of the molecule is Cc1cccc(N(C)S(=O)(=O)c2cccc(C(=O)NCc3ccc(Cl)cc3)c2)c1. The molecule has 0 heterocycles. The Morgan fingerprint density at radius 3 is 2.38 bits per heavy atom. The van der Waals surface area contributed by atoms with E-state index in [9.17, 15) is 13.2 Å². The molecule has 0 saturated heterocycles. The minimum absolute atomic E-state index is 0.0562. The first-order chi connectivity index (χ1) is 13.8. The van der Waals surface area contributed by atoms with E-state index in [0.29, 0.717) is 17.3 Å². The summed E-state index contributed by atoms with van der Waals surface area (Å²) >= 11 is 5.86. The number of carbonyl (C=O) groups is 1. The van der Waals surface area contributed by atoms with Gasteiger partial charge in [0.25, 0.3) is 15.9 Å². The van der Waals surface area contributed by atoms with Gasteiger partial charge in [-0.1, -0.05) is 41.9 Å². The lowest BCUT2D eigenvalue weighted by molar-refractivity contribution is 0.0950. The lowest BCUT2D eigenvalue weighted by Crippen LogP contribution is -2.27. The number of halogens is 1. The summed E-state index contributed by atoms with van der Waals surface area (Å²) in [6.07, 6.45) is 0. The summed E-state index contributed by atoms with van der Waals surface area (Å²) in [6, 6.07) is 20.4. The minimum Gasteiger partial charge on any atom is -0.348 e. The van der Waals surface area contributed by atoms with E-state index in [4.69, 9.17) is 11.6 Å². The standard InChI is InChI=1S/C22H21ClN2O3S/c1-16-5-3-7-20(13-16)25(2)29(27,28)21-8-4-6-18(14-21)22(26)24-15-17-9-11-19(23)12-10-17/h3-14H,15H2,1-2H3,(H,24,26). The molecule has 7 heteroatoms. The van der Waals surface area contributed by atoms with Gasteiger partial charge in [-0.15, -0.1) is 0 Å². The zero-order valence-corrected chi connectivity index (χ0v) is 17.7. The molecule has 29 heavy (non-hydrogen) atoms. The number of benzene rings is 3. The molecule has 0 unspecified atom stereocenters. The van der Waals surface area contributed by atoms with Gasteiger partial charge < -0.3 is 5.32 Å². The van der Waals surface area contributed by atoms with Crippen molar-refractivity contribution in [3.63, 3.8) is 0 Å².